The van der Waals surface area contributed by atoms with Gasteiger partial charge in [0.05, 0.1) is 144 Å². The van der Waals surface area contributed by atoms with Crippen LogP contribution in [0.1, 0.15) is 18.1 Å². The van der Waals surface area contributed by atoms with Gasteiger partial charge in [0.15, 0.2) is 11.6 Å². The highest BCUT2D eigenvalue weighted by atomic mass is 19.1. The number of pyridine rings is 6. The first-order valence-electron chi connectivity index (χ1n) is 26.4. The van der Waals surface area contributed by atoms with E-state index in [1.165, 1.54) is 12.1 Å². The quantitative estimate of drug-likeness (QED) is 0.123. The monoisotopic (exact) mass is 1060 g/mol. The highest BCUT2D eigenvalue weighted by Crippen LogP contribution is 2.44. The molecule has 2 aromatic carbocycles. The van der Waals surface area contributed by atoms with E-state index < -0.39 is 23.3 Å². The highest BCUT2D eigenvalue weighted by molar-refractivity contribution is 6.01. The molecule has 0 atom stereocenters. The molecule has 0 unspecified atom stereocenters. The van der Waals surface area contributed by atoms with Crippen molar-refractivity contribution >= 4 is 67.6 Å². The molecule has 4 aliphatic heterocycles. The van der Waals surface area contributed by atoms with Gasteiger partial charge in [0.25, 0.3) is 0 Å². The first-order chi connectivity index (χ1) is 38.1. The minimum Gasteiger partial charge on any atom is -0.378 e. The normalized spacial score (nSPS) is 16.1. The molecule has 6 aromatic heterocycles. The van der Waals surface area contributed by atoms with E-state index in [2.05, 4.69) is 50.8 Å². The van der Waals surface area contributed by atoms with Crippen LogP contribution in [0.25, 0.3) is 44.6 Å². The van der Waals surface area contributed by atoms with E-state index in [0.717, 1.165) is 78.3 Å². The van der Waals surface area contributed by atoms with Crippen LogP contribution < -0.4 is 29.8 Å². The molecule has 0 bridgehead atoms. The van der Waals surface area contributed by atoms with Crippen molar-refractivity contribution in [2.75, 3.05) is 142 Å². The molecule has 4 saturated heterocycles. The molecule has 8 aromatic rings. The van der Waals surface area contributed by atoms with Crippen LogP contribution in [0, 0.1) is 37.1 Å². The zero-order chi connectivity index (χ0) is 53.7. The molecule has 0 amide bonds. The number of nitrogens with one attached hydrogen (secondary N) is 1. The summed E-state index contributed by atoms with van der Waals surface area (Å²) in [5, 5.41) is 3.98. The summed E-state index contributed by atoms with van der Waals surface area (Å²) in [4.78, 5) is 39.0. The maximum Gasteiger partial charge on any atom is 0.152 e. The maximum atomic E-state index is 15.7. The third-order valence-electron chi connectivity index (χ3n) is 14.5. The molecule has 0 saturated carbocycles. The number of hydrogen-bond acceptors (Lipinski definition) is 16. The molecular weight excluding hydrogens is 1000 g/mol. The smallest absolute Gasteiger partial charge is 0.152 e. The van der Waals surface area contributed by atoms with Crippen molar-refractivity contribution in [3.8, 4) is 22.8 Å². The number of aromatic nitrogens is 6. The minimum absolute atomic E-state index is 0.210. The van der Waals surface area contributed by atoms with Crippen LogP contribution in [0.2, 0.25) is 0 Å². The number of benzene rings is 2. The molecule has 0 aliphatic carbocycles. The number of hydrogen-bond donors (Lipinski definition) is 1. The van der Waals surface area contributed by atoms with E-state index in [0.29, 0.717) is 125 Å². The van der Waals surface area contributed by atoms with Crippen molar-refractivity contribution in [2.24, 2.45) is 0 Å². The third-order valence-corrected chi connectivity index (χ3v) is 14.5. The summed E-state index contributed by atoms with van der Waals surface area (Å²) >= 11 is 0. The lowest BCUT2D eigenvalue weighted by Crippen LogP contribution is -2.39. The second-order valence-electron chi connectivity index (χ2n) is 19.3. The van der Waals surface area contributed by atoms with Gasteiger partial charge >= 0.3 is 0 Å². The largest absolute Gasteiger partial charge is 0.378 e. The Hall–Kier alpha value is -7.78. The van der Waals surface area contributed by atoms with E-state index in [4.69, 9.17) is 33.9 Å². The van der Waals surface area contributed by atoms with E-state index in [-0.39, 0.29) is 21.8 Å². The molecule has 20 heteroatoms. The molecule has 4 aliphatic rings. The van der Waals surface area contributed by atoms with Gasteiger partial charge in [0.2, 0.25) is 0 Å². The van der Waals surface area contributed by atoms with Crippen LogP contribution in [0.15, 0.2) is 97.6 Å². The van der Waals surface area contributed by atoms with Gasteiger partial charge in [-0.05, 0) is 57.2 Å². The van der Waals surface area contributed by atoms with Gasteiger partial charge in [-0.25, -0.2) is 37.5 Å². The van der Waals surface area contributed by atoms with Gasteiger partial charge < -0.3 is 48.8 Å². The second kappa shape index (κ2) is 23.4. The Bertz CT molecular complexity index is 3420. The van der Waals surface area contributed by atoms with Gasteiger partial charge in [-0.2, -0.15) is 0 Å². The Morgan fingerprint density at radius 3 is 1.50 bits per heavy atom. The van der Waals surface area contributed by atoms with Crippen molar-refractivity contribution in [2.45, 2.75) is 20.8 Å². The van der Waals surface area contributed by atoms with Crippen LogP contribution in [0.3, 0.4) is 0 Å². The lowest BCUT2D eigenvalue weighted by Gasteiger charge is -2.36. The van der Waals surface area contributed by atoms with Crippen LogP contribution in [-0.2, 0) is 18.9 Å². The zero-order valence-electron chi connectivity index (χ0n) is 43.8. The Labute approximate surface area is 449 Å². The number of morpholine rings is 4. The van der Waals surface area contributed by atoms with Gasteiger partial charge in [0, 0.05) is 107 Å². The standard InChI is InChI=1S/C30H32F2N6O2.C28H28F2N6O2/c1-3-38(26-18-22(36-8-12-39-13-9-36)19-34-30(26)37-10-14-40-15-11-37)29-20(2)28(24-6-4-5-7-33-24)35-25-17-21(31)16-23(32)27(25)29;1-18-26(22-4-2-3-5-31-22)33-23-15-19(29)14-21(30)25(23)27(18)34-24-16-20(35-6-10-37-11-7-35)17-32-28(24)36-8-12-38-13-9-36/h4-7,16-19H,3,8-15H2,1-2H3;2-5,14-17H,6-13H2,1H3,(H,33,34). The van der Waals surface area contributed by atoms with E-state index in [1.54, 1.807) is 12.4 Å². The fraction of sp³-hybridized carbons (Fsp3) is 0.345. The van der Waals surface area contributed by atoms with Crippen molar-refractivity contribution in [3.05, 3.63) is 132 Å². The summed E-state index contributed by atoms with van der Waals surface area (Å²) in [7, 11) is 0. The topological polar surface area (TPSA) is 142 Å². The Kier molecular flexibility index (Phi) is 15.7. The summed E-state index contributed by atoms with van der Waals surface area (Å²) < 4.78 is 82.1. The summed E-state index contributed by atoms with van der Waals surface area (Å²) in [5.74, 6) is -1.15. The molecule has 16 nitrogen and oxygen atoms in total. The van der Waals surface area contributed by atoms with Gasteiger partial charge in [-0.3, -0.25) is 9.97 Å². The Balaban J connectivity index is 0.000000166. The number of anilines is 8. The first kappa shape index (κ1) is 52.3. The second-order valence-corrected chi connectivity index (χ2v) is 19.3. The first-order valence-corrected chi connectivity index (χ1v) is 26.4. The van der Waals surface area contributed by atoms with E-state index in [9.17, 15) is 8.78 Å². The fourth-order valence-corrected chi connectivity index (χ4v) is 10.6. The molecule has 78 heavy (non-hydrogen) atoms. The maximum absolute atomic E-state index is 15.7. The molecule has 404 valence electrons. The number of halogens is 4. The number of rotatable bonds is 11. The van der Waals surface area contributed by atoms with E-state index in [1.807, 2.05) is 75.6 Å². The average Bonchev–Trinajstić information content (AvgIpc) is 3.53. The highest BCUT2D eigenvalue weighted by Gasteiger charge is 2.29. The number of nitrogens with zero attached hydrogens (tertiary/aromatic N) is 11. The average molecular weight is 1070 g/mol. The molecule has 0 spiro atoms. The van der Waals surface area contributed by atoms with Gasteiger partial charge in [-0.1, -0.05) is 12.1 Å². The van der Waals surface area contributed by atoms with Crippen molar-refractivity contribution in [3.63, 3.8) is 0 Å². The summed E-state index contributed by atoms with van der Waals surface area (Å²) in [6, 6.07) is 19.6. The molecule has 1 N–H and O–H groups in total. The van der Waals surface area contributed by atoms with Crippen LogP contribution in [-0.4, -0.2) is 142 Å². The molecule has 4 fully saturated rings. The Morgan fingerprint density at radius 1 is 0.526 bits per heavy atom. The predicted octanol–water partition coefficient (Wildman–Crippen LogP) is 9.80. The van der Waals surface area contributed by atoms with Crippen LogP contribution in [0.4, 0.5) is 63.3 Å². The molecular formula is C58H60F4N12O4. The number of ether oxygens (including phenoxy) is 4. The van der Waals surface area contributed by atoms with Crippen molar-refractivity contribution < 1.29 is 36.5 Å². The minimum atomic E-state index is -0.686. The zero-order valence-corrected chi connectivity index (χ0v) is 43.8. The third kappa shape index (κ3) is 10.9. The van der Waals surface area contributed by atoms with Crippen LogP contribution >= 0.6 is 0 Å². The Morgan fingerprint density at radius 2 is 0.987 bits per heavy atom. The fourth-order valence-electron chi connectivity index (χ4n) is 10.6. The SMILES string of the molecule is CCN(c1cc(N2CCOCC2)cnc1N1CCOCC1)c1c(C)c(-c2ccccn2)nc2cc(F)cc(F)c12.Cc1c(-c2ccccn2)nc2cc(F)cc(F)c2c1Nc1cc(N2CCOCC2)cnc1N1CCOCC1. The van der Waals surface area contributed by atoms with Crippen molar-refractivity contribution in [1.82, 2.24) is 29.9 Å². The van der Waals surface area contributed by atoms with E-state index >= 15 is 8.78 Å². The summed E-state index contributed by atoms with van der Waals surface area (Å²) in [6.07, 6.45) is 7.14. The predicted molar refractivity (Wildman–Crippen MR) is 296 cm³/mol. The molecule has 0 radical (unpaired) electrons. The van der Waals surface area contributed by atoms with Crippen molar-refractivity contribution in [1.29, 1.82) is 0 Å². The summed E-state index contributed by atoms with van der Waals surface area (Å²) in [5.41, 5.74) is 8.91. The summed E-state index contributed by atoms with van der Waals surface area (Å²) in [6.45, 7) is 17.1. The molecule has 12 rings (SSSR count). The lowest BCUT2D eigenvalue weighted by molar-refractivity contribution is 0.122. The van der Waals surface area contributed by atoms with Gasteiger partial charge in [-0.15, -0.1) is 0 Å². The molecule has 10 heterocycles. The lowest BCUT2D eigenvalue weighted by atomic mass is 10.0. The van der Waals surface area contributed by atoms with Gasteiger partial charge in [0.1, 0.15) is 23.3 Å². The van der Waals surface area contributed by atoms with Crippen LogP contribution in [0.5, 0.6) is 0 Å². The number of fused-ring (bicyclic) bond motifs is 2.